The molecule has 0 aromatic heterocycles. The van der Waals surface area contributed by atoms with Crippen molar-refractivity contribution in [1.82, 2.24) is 0 Å². The third-order valence-corrected chi connectivity index (χ3v) is 11.8. The van der Waals surface area contributed by atoms with Crippen molar-refractivity contribution in [2.75, 3.05) is 13.2 Å². The highest BCUT2D eigenvalue weighted by molar-refractivity contribution is 6.68. The molecule has 2 nitrogen and oxygen atoms in total. The van der Waals surface area contributed by atoms with Crippen LogP contribution in [0.2, 0.25) is 12.6 Å². The van der Waals surface area contributed by atoms with Crippen LogP contribution in [-0.2, 0) is 9.47 Å². The van der Waals surface area contributed by atoms with Crippen molar-refractivity contribution in [2.45, 2.75) is 74.2 Å². The maximum Gasteiger partial charge on any atom is 0.388 e. The molecule has 0 N–H and O–H groups in total. The van der Waals surface area contributed by atoms with Crippen LogP contribution in [0.3, 0.4) is 0 Å². The van der Waals surface area contributed by atoms with E-state index in [2.05, 4.69) is 13.1 Å². The van der Waals surface area contributed by atoms with Gasteiger partial charge in [-0.15, -0.1) is 12.3 Å². The summed E-state index contributed by atoms with van der Waals surface area (Å²) in [5, 5.41) is -0.734. The minimum atomic E-state index is -4.06. The first-order valence-electron chi connectivity index (χ1n) is 8.82. The first-order valence-corrected chi connectivity index (χ1v) is 12.9. The van der Waals surface area contributed by atoms with Crippen molar-refractivity contribution in [2.24, 2.45) is 0 Å². The van der Waals surface area contributed by atoms with Crippen molar-refractivity contribution in [3.8, 4) is 0 Å². The van der Waals surface area contributed by atoms with Crippen LogP contribution in [-0.4, -0.2) is 48.2 Å². The number of alkyl halides is 3. The molecule has 3 unspecified atom stereocenters. The van der Waals surface area contributed by atoms with E-state index in [0.717, 1.165) is 38.5 Å². The summed E-state index contributed by atoms with van der Waals surface area (Å²) >= 11 is 0. The van der Waals surface area contributed by atoms with Crippen molar-refractivity contribution in [3.63, 3.8) is 0 Å². The van der Waals surface area contributed by atoms with Crippen LogP contribution in [0.1, 0.15) is 44.9 Å². The molecule has 0 aromatic carbocycles. The Morgan fingerprint density at radius 1 is 1.13 bits per heavy atom. The second-order valence-electron chi connectivity index (χ2n) is 6.99. The van der Waals surface area contributed by atoms with E-state index in [4.69, 9.17) is 9.47 Å². The maximum absolute atomic E-state index is 12.6. The van der Waals surface area contributed by atoms with E-state index in [-0.39, 0.29) is 11.3 Å². The lowest BCUT2D eigenvalue weighted by Crippen LogP contribution is -2.69. The Hall–Kier alpha value is -0.116. The molecule has 2 aliphatic heterocycles. The number of ether oxygens (including phenoxy) is 2. The molecule has 134 valence electrons. The number of hydrogen-bond donors (Lipinski definition) is 0. The number of hydrogen-bond acceptors (Lipinski definition) is 2. The van der Waals surface area contributed by atoms with E-state index in [0.29, 0.717) is 13.2 Å². The molecule has 0 radical (unpaired) electrons. The summed E-state index contributed by atoms with van der Waals surface area (Å²) < 4.78 is 50.6. The van der Waals surface area contributed by atoms with E-state index in [9.17, 15) is 13.2 Å². The number of halogens is 3. The van der Waals surface area contributed by atoms with Gasteiger partial charge in [-0.05, 0) is 38.5 Å². The van der Waals surface area contributed by atoms with Gasteiger partial charge in [-0.1, -0.05) is 12.6 Å². The average molecular weight is 367 g/mol. The summed E-state index contributed by atoms with van der Waals surface area (Å²) in [6, 6.07) is 0.257. The molecule has 0 spiro atoms. The predicted molar refractivity (Wildman–Crippen MR) is 92.3 cm³/mol. The fourth-order valence-corrected chi connectivity index (χ4v) is 10.8. The van der Waals surface area contributed by atoms with Gasteiger partial charge in [0.2, 0.25) is 0 Å². The SMILES string of the molecule is C=C[SiH](C)C1(C2([SiH2]CCC(F)(F)F)CCCCO2)CCCCO1. The van der Waals surface area contributed by atoms with Gasteiger partial charge in [0.1, 0.15) is 0 Å². The lowest BCUT2D eigenvalue weighted by Gasteiger charge is -2.56. The summed E-state index contributed by atoms with van der Waals surface area (Å²) in [5.74, 6) is 0. The van der Waals surface area contributed by atoms with Crippen molar-refractivity contribution < 1.29 is 22.6 Å². The first kappa shape index (κ1) is 19.2. The monoisotopic (exact) mass is 366 g/mol. The molecule has 0 saturated carbocycles. The van der Waals surface area contributed by atoms with Gasteiger partial charge in [0.25, 0.3) is 0 Å². The van der Waals surface area contributed by atoms with Gasteiger partial charge in [0.05, 0.1) is 28.8 Å². The summed E-state index contributed by atoms with van der Waals surface area (Å²) in [6.45, 7) is 7.59. The highest BCUT2D eigenvalue weighted by Crippen LogP contribution is 2.45. The third-order valence-electron chi connectivity index (χ3n) is 5.56. The highest BCUT2D eigenvalue weighted by atomic mass is 28.3. The molecule has 0 amide bonds. The standard InChI is InChI=1S/C16H29F3O2Si2/c1-3-23(2)15(9-5-7-12-21-15)14(8-4-6-11-20-14)22-13-10-16(17,18)19/h3,23H,1,4-13,22H2,2H3. The Bertz CT molecular complexity index is 389. The summed E-state index contributed by atoms with van der Waals surface area (Å²) in [4.78, 5) is 0. The Morgan fingerprint density at radius 3 is 2.26 bits per heavy atom. The van der Waals surface area contributed by atoms with Gasteiger partial charge in [0.15, 0.2) is 0 Å². The van der Waals surface area contributed by atoms with Crippen LogP contribution in [0.25, 0.3) is 0 Å². The van der Waals surface area contributed by atoms with Gasteiger partial charge in [-0.25, -0.2) is 0 Å². The van der Waals surface area contributed by atoms with E-state index in [1.54, 1.807) is 0 Å². The molecular weight excluding hydrogens is 337 g/mol. The minimum Gasteiger partial charge on any atom is -0.377 e. The lowest BCUT2D eigenvalue weighted by atomic mass is 9.96. The van der Waals surface area contributed by atoms with Crippen LogP contribution < -0.4 is 0 Å². The molecule has 2 heterocycles. The van der Waals surface area contributed by atoms with Gasteiger partial charge in [-0.2, -0.15) is 13.2 Å². The van der Waals surface area contributed by atoms with Gasteiger partial charge in [-0.3, -0.25) is 0 Å². The average Bonchev–Trinajstić information content (AvgIpc) is 2.54. The van der Waals surface area contributed by atoms with Gasteiger partial charge < -0.3 is 9.47 Å². The molecule has 0 aliphatic carbocycles. The summed E-state index contributed by atoms with van der Waals surface area (Å²) in [7, 11) is -2.51. The second kappa shape index (κ2) is 7.84. The predicted octanol–water partition coefficient (Wildman–Crippen LogP) is 3.48. The fourth-order valence-electron chi connectivity index (χ4n) is 4.31. The van der Waals surface area contributed by atoms with Crippen LogP contribution in [0, 0.1) is 0 Å². The molecular formula is C16H29F3O2Si2. The molecule has 2 fully saturated rings. The Morgan fingerprint density at radius 2 is 1.78 bits per heavy atom. The smallest absolute Gasteiger partial charge is 0.377 e. The zero-order valence-corrected chi connectivity index (χ0v) is 16.7. The zero-order valence-electron chi connectivity index (χ0n) is 14.1. The van der Waals surface area contributed by atoms with Crippen molar-refractivity contribution in [1.29, 1.82) is 0 Å². The molecule has 0 aromatic rings. The molecule has 23 heavy (non-hydrogen) atoms. The quantitative estimate of drug-likeness (QED) is 0.670. The van der Waals surface area contributed by atoms with Crippen LogP contribution >= 0.6 is 0 Å². The van der Waals surface area contributed by atoms with Gasteiger partial charge in [0, 0.05) is 19.6 Å². The second-order valence-corrected chi connectivity index (χ2v) is 12.3. The minimum absolute atomic E-state index is 0.257. The van der Waals surface area contributed by atoms with E-state index < -0.39 is 36.1 Å². The maximum atomic E-state index is 12.6. The normalized spacial score (nSPS) is 34.6. The topological polar surface area (TPSA) is 18.5 Å². The molecule has 2 rings (SSSR count). The fraction of sp³-hybridized carbons (Fsp3) is 0.875. The first-order chi connectivity index (χ1) is 10.9. The van der Waals surface area contributed by atoms with Crippen LogP contribution in [0.15, 0.2) is 12.3 Å². The van der Waals surface area contributed by atoms with Gasteiger partial charge >= 0.3 is 6.18 Å². The highest BCUT2D eigenvalue weighted by Gasteiger charge is 2.56. The Labute approximate surface area is 141 Å². The largest absolute Gasteiger partial charge is 0.388 e. The van der Waals surface area contributed by atoms with E-state index in [1.165, 1.54) is 0 Å². The Balaban J connectivity index is 2.24. The van der Waals surface area contributed by atoms with Crippen LogP contribution in [0.5, 0.6) is 0 Å². The zero-order chi connectivity index (χ0) is 17.0. The van der Waals surface area contributed by atoms with E-state index >= 15 is 0 Å². The lowest BCUT2D eigenvalue weighted by molar-refractivity contribution is -0.163. The van der Waals surface area contributed by atoms with Crippen LogP contribution in [0.4, 0.5) is 13.2 Å². The summed E-state index contributed by atoms with van der Waals surface area (Å²) in [6.07, 6.45) is 1.26. The Kier molecular flexibility index (Phi) is 6.55. The summed E-state index contributed by atoms with van der Waals surface area (Å²) in [5.41, 5.74) is 2.03. The third kappa shape index (κ3) is 4.29. The molecule has 3 atom stereocenters. The van der Waals surface area contributed by atoms with Crippen molar-refractivity contribution >= 4 is 18.3 Å². The molecule has 2 saturated heterocycles. The molecule has 2 aliphatic rings. The van der Waals surface area contributed by atoms with E-state index in [1.807, 2.05) is 5.70 Å². The number of rotatable bonds is 6. The molecule has 7 heteroatoms. The molecule has 0 bridgehead atoms. The van der Waals surface area contributed by atoms with Crippen molar-refractivity contribution in [3.05, 3.63) is 12.3 Å².